The topological polar surface area (TPSA) is 52.6 Å². The normalized spacial score (nSPS) is 14.1. The van der Waals surface area contributed by atoms with Crippen LogP contribution in [0.15, 0.2) is 0 Å². The minimum atomic E-state index is -0.351. The number of esters is 2. The highest BCUT2D eigenvalue weighted by Gasteiger charge is 2.16. The Morgan fingerprint density at radius 3 is 2.20 bits per heavy atom. The van der Waals surface area contributed by atoms with Gasteiger partial charge in [0.05, 0.1) is 0 Å². The Kier molecular flexibility index (Phi) is 6.75. The van der Waals surface area contributed by atoms with Gasteiger partial charge in [-0.2, -0.15) is 0 Å². The summed E-state index contributed by atoms with van der Waals surface area (Å²) in [5.41, 5.74) is 0. The van der Waals surface area contributed by atoms with E-state index in [4.69, 9.17) is 9.47 Å². The van der Waals surface area contributed by atoms with Gasteiger partial charge in [-0.25, -0.2) is 0 Å². The van der Waals surface area contributed by atoms with Gasteiger partial charge in [-0.05, 0) is 12.3 Å². The van der Waals surface area contributed by atoms with Gasteiger partial charge in [0.1, 0.15) is 12.7 Å². The zero-order valence-corrected chi connectivity index (χ0v) is 9.91. The molecule has 0 aromatic heterocycles. The van der Waals surface area contributed by atoms with Crippen molar-refractivity contribution < 1.29 is 19.1 Å². The third-order valence-electron chi connectivity index (χ3n) is 2.17. The van der Waals surface area contributed by atoms with E-state index < -0.39 is 0 Å². The largest absolute Gasteiger partial charge is 0.462 e. The first-order valence-corrected chi connectivity index (χ1v) is 5.26. The van der Waals surface area contributed by atoms with Crippen LogP contribution in [-0.2, 0) is 19.1 Å². The van der Waals surface area contributed by atoms with Crippen LogP contribution in [-0.4, -0.2) is 24.6 Å². The number of hydrogen-bond donors (Lipinski definition) is 0. The second-order valence-electron chi connectivity index (χ2n) is 3.78. The first-order valence-electron chi connectivity index (χ1n) is 5.26. The third-order valence-corrected chi connectivity index (χ3v) is 2.17. The maximum atomic E-state index is 10.8. The number of hydrogen-bond acceptors (Lipinski definition) is 4. The molecule has 0 aliphatic heterocycles. The Morgan fingerprint density at radius 2 is 1.80 bits per heavy atom. The molecule has 0 N–H and O–H groups in total. The maximum absolute atomic E-state index is 10.8. The van der Waals surface area contributed by atoms with Crippen molar-refractivity contribution in [2.75, 3.05) is 6.61 Å². The number of carbonyl (C=O) groups excluding carboxylic acids is 2. The lowest BCUT2D eigenvalue weighted by Gasteiger charge is -2.19. The molecular weight excluding hydrogens is 196 g/mol. The number of ether oxygens (including phenoxy) is 2. The van der Waals surface area contributed by atoms with Crippen LogP contribution < -0.4 is 0 Å². The highest BCUT2D eigenvalue weighted by molar-refractivity contribution is 5.67. The summed E-state index contributed by atoms with van der Waals surface area (Å²) in [7, 11) is 0. The summed E-state index contributed by atoms with van der Waals surface area (Å²) in [5.74, 6) is -0.239. The molecule has 2 unspecified atom stereocenters. The highest BCUT2D eigenvalue weighted by Crippen LogP contribution is 2.13. The van der Waals surface area contributed by atoms with E-state index in [0.717, 1.165) is 12.8 Å². The quantitative estimate of drug-likeness (QED) is 0.636. The highest BCUT2D eigenvalue weighted by atomic mass is 16.6. The molecular formula is C11H20O4. The van der Waals surface area contributed by atoms with E-state index in [9.17, 15) is 9.59 Å². The van der Waals surface area contributed by atoms with E-state index in [2.05, 4.69) is 13.8 Å². The van der Waals surface area contributed by atoms with Gasteiger partial charge in [0.15, 0.2) is 0 Å². The van der Waals surface area contributed by atoms with Crippen LogP contribution in [0, 0.1) is 5.92 Å². The average Bonchev–Trinajstić information content (AvgIpc) is 2.13. The smallest absolute Gasteiger partial charge is 0.303 e. The standard InChI is InChI=1S/C11H20O4/c1-5-8(2)6-11(15-10(4)13)7-14-9(3)12/h8,11H,5-7H2,1-4H3. The molecule has 0 rings (SSSR count). The summed E-state index contributed by atoms with van der Waals surface area (Å²) < 4.78 is 9.89. The molecule has 0 saturated heterocycles. The minimum absolute atomic E-state index is 0.152. The maximum Gasteiger partial charge on any atom is 0.303 e. The van der Waals surface area contributed by atoms with Crippen molar-refractivity contribution in [1.82, 2.24) is 0 Å². The Bertz CT molecular complexity index is 213. The average molecular weight is 216 g/mol. The van der Waals surface area contributed by atoms with E-state index in [0.29, 0.717) is 5.92 Å². The monoisotopic (exact) mass is 216 g/mol. The molecule has 0 heterocycles. The van der Waals surface area contributed by atoms with Gasteiger partial charge in [0, 0.05) is 13.8 Å². The molecule has 0 aromatic carbocycles. The summed E-state index contributed by atoms with van der Waals surface area (Å²) in [6.45, 7) is 7.00. The molecule has 0 aromatic rings. The van der Waals surface area contributed by atoms with Crippen LogP contribution in [0.5, 0.6) is 0 Å². The van der Waals surface area contributed by atoms with Gasteiger partial charge in [-0.15, -0.1) is 0 Å². The van der Waals surface area contributed by atoms with Crippen molar-refractivity contribution >= 4 is 11.9 Å². The lowest BCUT2D eigenvalue weighted by Crippen LogP contribution is -2.25. The Hall–Kier alpha value is -1.06. The van der Waals surface area contributed by atoms with Crippen molar-refractivity contribution in [3.63, 3.8) is 0 Å². The molecule has 0 spiro atoms. The van der Waals surface area contributed by atoms with Crippen LogP contribution in [0.25, 0.3) is 0 Å². The van der Waals surface area contributed by atoms with Crippen molar-refractivity contribution in [2.24, 2.45) is 5.92 Å². The van der Waals surface area contributed by atoms with Gasteiger partial charge in [-0.1, -0.05) is 20.3 Å². The first kappa shape index (κ1) is 13.9. The van der Waals surface area contributed by atoms with E-state index in [1.807, 2.05) is 0 Å². The fourth-order valence-corrected chi connectivity index (χ4v) is 1.21. The molecule has 4 nitrogen and oxygen atoms in total. The first-order chi connectivity index (χ1) is 6.95. The molecule has 0 bridgehead atoms. The lowest BCUT2D eigenvalue weighted by molar-refractivity contribution is -0.157. The van der Waals surface area contributed by atoms with Gasteiger partial charge in [0.2, 0.25) is 0 Å². The van der Waals surface area contributed by atoms with E-state index in [1.54, 1.807) is 0 Å². The van der Waals surface area contributed by atoms with Crippen LogP contribution in [0.4, 0.5) is 0 Å². The molecule has 2 atom stereocenters. The lowest BCUT2D eigenvalue weighted by atomic mass is 10.0. The summed E-state index contributed by atoms with van der Waals surface area (Å²) in [6, 6.07) is 0. The summed E-state index contributed by atoms with van der Waals surface area (Å²) in [4.78, 5) is 21.4. The molecule has 0 radical (unpaired) electrons. The van der Waals surface area contributed by atoms with Gasteiger partial charge < -0.3 is 9.47 Å². The van der Waals surface area contributed by atoms with Crippen molar-refractivity contribution in [3.8, 4) is 0 Å². The second kappa shape index (κ2) is 7.26. The predicted octanol–water partition coefficient (Wildman–Crippen LogP) is 1.92. The second-order valence-corrected chi connectivity index (χ2v) is 3.78. The minimum Gasteiger partial charge on any atom is -0.462 e. The molecule has 0 aliphatic rings. The molecule has 88 valence electrons. The molecule has 15 heavy (non-hydrogen) atoms. The van der Waals surface area contributed by atoms with Crippen LogP contribution in [0.1, 0.15) is 40.5 Å². The number of carbonyl (C=O) groups is 2. The molecule has 0 amide bonds. The van der Waals surface area contributed by atoms with Crippen molar-refractivity contribution in [1.29, 1.82) is 0 Å². The molecule has 0 saturated carbocycles. The van der Waals surface area contributed by atoms with Crippen LogP contribution in [0.2, 0.25) is 0 Å². The van der Waals surface area contributed by atoms with Crippen LogP contribution in [0.3, 0.4) is 0 Å². The zero-order chi connectivity index (χ0) is 11.8. The predicted molar refractivity (Wildman–Crippen MR) is 56.3 cm³/mol. The Morgan fingerprint density at radius 1 is 1.20 bits per heavy atom. The molecule has 0 fully saturated rings. The van der Waals surface area contributed by atoms with Crippen LogP contribution >= 0.6 is 0 Å². The number of rotatable bonds is 6. The molecule has 4 heteroatoms. The molecule has 0 aliphatic carbocycles. The zero-order valence-electron chi connectivity index (χ0n) is 9.91. The van der Waals surface area contributed by atoms with E-state index >= 15 is 0 Å². The SMILES string of the molecule is CCC(C)CC(COC(C)=O)OC(C)=O. The van der Waals surface area contributed by atoms with E-state index in [-0.39, 0.29) is 24.6 Å². The van der Waals surface area contributed by atoms with E-state index in [1.165, 1.54) is 13.8 Å². The summed E-state index contributed by atoms with van der Waals surface area (Å²) >= 11 is 0. The fraction of sp³-hybridized carbons (Fsp3) is 0.818. The van der Waals surface area contributed by atoms with Crippen molar-refractivity contribution in [3.05, 3.63) is 0 Å². The Labute approximate surface area is 90.9 Å². The van der Waals surface area contributed by atoms with Crippen molar-refractivity contribution in [2.45, 2.75) is 46.6 Å². The van der Waals surface area contributed by atoms with Gasteiger partial charge in [0.25, 0.3) is 0 Å². The Balaban J connectivity index is 4.05. The third kappa shape index (κ3) is 7.97. The summed E-state index contributed by atoms with van der Waals surface area (Å²) in [6.07, 6.45) is 1.42. The van der Waals surface area contributed by atoms with Gasteiger partial charge >= 0.3 is 11.9 Å². The summed E-state index contributed by atoms with van der Waals surface area (Å²) in [5, 5.41) is 0. The fourth-order valence-electron chi connectivity index (χ4n) is 1.21. The van der Waals surface area contributed by atoms with Gasteiger partial charge in [-0.3, -0.25) is 9.59 Å².